The molecule has 0 aromatic heterocycles. The molecule has 0 aliphatic carbocycles. The van der Waals surface area contributed by atoms with Crippen LogP contribution in [0.5, 0.6) is 0 Å². The standard InChI is InChI=1S/C12H19NO3S/c1-11-6-5-7-12(10-11)13(2)17(15,16)9-4-3-8-14/h5-7,10,14H,3-4,8-9H2,1-2H3. The molecule has 1 N–H and O–H groups in total. The number of sulfonamides is 1. The van der Waals surface area contributed by atoms with Gasteiger partial charge in [0.15, 0.2) is 0 Å². The fourth-order valence-corrected chi connectivity index (χ4v) is 2.80. The van der Waals surface area contributed by atoms with Crippen molar-refractivity contribution in [2.75, 3.05) is 23.7 Å². The second-order valence-electron chi connectivity index (χ2n) is 4.05. The van der Waals surface area contributed by atoms with Crippen LogP contribution >= 0.6 is 0 Å². The van der Waals surface area contributed by atoms with Crippen LogP contribution in [0.2, 0.25) is 0 Å². The highest BCUT2D eigenvalue weighted by molar-refractivity contribution is 7.92. The average molecular weight is 257 g/mol. The molecule has 1 rings (SSSR count). The first-order valence-corrected chi connectivity index (χ1v) is 7.22. The van der Waals surface area contributed by atoms with Crippen molar-refractivity contribution < 1.29 is 13.5 Å². The van der Waals surface area contributed by atoms with Gasteiger partial charge in [-0.2, -0.15) is 0 Å². The number of aliphatic hydroxyl groups is 1. The summed E-state index contributed by atoms with van der Waals surface area (Å²) >= 11 is 0. The maximum atomic E-state index is 12.0. The van der Waals surface area contributed by atoms with Gasteiger partial charge in [0.25, 0.3) is 0 Å². The molecule has 17 heavy (non-hydrogen) atoms. The molecule has 0 aliphatic rings. The lowest BCUT2D eigenvalue weighted by molar-refractivity contribution is 0.287. The number of aryl methyl sites for hydroxylation is 1. The molecule has 4 nitrogen and oxygen atoms in total. The molecule has 0 heterocycles. The molecule has 0 atom stereocenters. The summed E-state index contributed by atoms with van der Waals surface area (Å²) in [5.74, 6) is 0.0675. The number of unbranched alkanes of at least 4 members (excludes halogenated alkanes) is 1. The highest BCUT2D eigenvalue weighted by Gasteiger charge is 2.17. The van der Waals surface area contributed by atoms with Crippen LogP contribution in [0.1, 0.15) is 18.4 Å². The van der Waals surface area contributed by atoms with Crippen LogP contribution in [0, 0.1) is 6.92 Å². The van der Waals surface area contributed by atoms with E-state index < -0.39 is 10.0 Å². The van der Waals surface area contributed by atoms with Crippen LogP contribution in [-0.2, 0) is 10.0 Å². The molecule has 0 unspecified atom stereocenters. The zero-order valence-corrected chi connectivity index (χ0v) is 11.1. The molecule has 0 saturated heterocycles. The summed E-state index contributed by atoms with van der Waals surface area (Å²) in [5, 5.41) is 8.65. The minimum absolute atomic E-state index is 0.0314. The van der Waals surface area contributed by atoms with Crippen LogP contribution in [0.3, 0.4) is 0 Å². The predicted molar refractivity (Wildman–Crippen MR) is 69.7 cm³/mol. The van der Waals surface area contributed by atoms with Crippen LogP contribution in [0.15, 0.2) is 24.3 Å². The van der Waals surface area contributed by atoms with Crippen molar-refractivity contribution in [2.45, 2.75) is 19.8 Å². The molecular weight excluding hydrogens is 238 g/mol. The Hall–Kier alpha value is -1.07. The van der Waals surface area contributed by atoms with Crippen molar-refractivity contribution in [3.63, 3.8) is 0 Å². The quantitative estimate of drug-likeness (QED) is 0.786. The van der Waals surface area contributed by atoms with E-state index in [1.54, 1.807) is 13.1 Å². The maximum absolute atomic E-state index is 12.0. The fourth-order valence-electron chi connectivity index (χ4n) is 1.52. The van der Waals surface area contributed by atoms with E-state index in [1.165, 1.54) is 4.31 Å². The zero-order chi connectivity index (χ0) is 12.9. The van der Waals surface area contributed by atoms with Gasteiger partial charge in [0.1, 0.15) is 0 Å². The van der Waals surface area contributed by atoms with Crippen molar-refractivity contribution in [1.29, 1.82) is 0 Å². The number of hydrogen-bond acceptors (Lipinski definition) is 3. The van der Waals surface area contributed by atoms with Gasteiger partial charge in [-0.15, -0.1) is 0 Å². The van der Waals surface area contributed by atoms with Gasteiger partial charge in [-0.3, -0.25) is 4.31 Å². The zero-order valence-electron chi connectivity index (χ0n) is 10.3. The van der Waals surface area contributed by atoms with Gasteiger partial charge in [-0.05, 0) is 37.5 Å². The van der Waals surface area contributed by atoms with Crippen molar-refractivity contribution in [3.05, 3.63) is 29.8 Å². The van der Waals surface area contributed by atoms with E-state index in [2.05, 4.69) is 0 Å². The van der Waals surface area contributed by atoms with E-state index in [1.807, 2.05) is 25.1 Å². The lowest BCUT2D eigenvalue weighted by Crippen LogP contribution is -2.29. The molecule has 96 valence electrons. The fraction of sp³-hybridized carbons (Fsp3) is 0.500. The lowest BCUT2D eigenvalue weighted by atomic mass is 10.2. The average Bonchev–Trinajstić information content (AvgIpc) is 2.28. The van der Waals surface area contributed by atoms with Gasteiger partial charge in [0.2, 0.25) is 10.0 Å². The predicted octanol–water partition coefficient (Wildman–Crippen LogP) is 1.53. The first kappa shape index (κ1) is 14.0. The third-order valence-electron chi connectivity index (χ3n) is 2.59. The molecule has 0 spiro atoms. The largest absolute Gasteiger partial charge is 0.396 e. The Morgan fingerprint density at radius 1 is 1.29 bits per heavy atom. The Morgan fingerprint density at radius 2 is 2.00 bits per heavy atom. The normalized spacial score (nSPS) is 11.5. The number of anilines is 1. The molecule has 0 aliphatic heterocycles. The van der Waals surface area contributed by atoms with Crippen molar-refractivity contribution >= 4 is 15.7 Å². The first-order valence-electron chi connectivity index (χ1n) is 5.61. The van der Waals surface area contributed by atoms with Crippen LogP contribution in [0.4, 0.5) is 5.69 Å². The minimum Gasteiger partial charge on any atom is -0.396 e. The summed E-state index contributed by atoms with van der Waals surface area (Å²) < 4.78 is 25.2. The van der Waals surface area contributed by atoms with Crippen molar-refractivity contribution in [2.24, 2.45) is 0 Å². The van der Waals surface area contributed by atoms with Gasteiger partial charge in [0.05, 0.1) is 11.4 Å². The summed E-state index contributed by atoms with van der Waals surface area (Å²) in [4.78, 5) is 0. The molecular formula is C12H19NO3S. The topological polar surface area (TPSA) is 57.6 Å². The van der Waals surface area contributed by atoms with Gasteiger partial charge in [-0.1, -0.05) is 12.1 Å². The molecule has 1 aromatic carbocycles. The summed E-state index contributed by atoms with van der Waals surface area (Å²) in [6.45, 7) is 1.96. The van der Waals surface area contributed by atoms with Crippen LogP contribution in [-0.4, -0.2) is 32.9 Å². The molecule has 1 aromatic rings. The van der Waals surface area contributed by atoms with Crippen molar-refractivity contribution in [1.82, 2.24) is 0 Å². The summed E-state index contributed by atoms with van der Waals surface area (Å²) in [5.41, 5.74) is 1.70. The maximum Gasteiger partial charge on any atom is 0.234 e. The highest BCUT2D eigenvalue weighted by Crippen LogP contribution is 2.18. The Morgan fingerprint density at radius 3 is 2.59 bits per heavy atom. The molecule has 0 fully saturated rings. The lowest BCUT2D eigenvalue weighted by Gasteiger charge is -2.19. The van der Waals surface area contributed by atoms with Crippen molar-refractivity contribution in [3.8, 4) is 0 Å². The Kier molecular flexibility index (Phi) is 4.96. The van der Waals surface area contributed by atoms with E-state index >= 15 is 0 Å². The number of benzene rings is 1. The number of nitrogens with zero attached hydrogens (tertiary/aromatic N) is 1. The third-order valence-corrected chi connectivity index (χ3v) is 4.44. The van der Waals surface area contributed by atoms with E-state index in [-0.39, 0.29) is 12.4 Å². The highest BCUT2D eigenvalue weighted by atomic mass is 32.2. The van der Waals surface area contributed by atoms with Gasteiger partial charge < -0.3 is 5.11 Å². The minimum atomic E-state index is -3.28. The summed E-state index contributed by atoms with van der Waals surface area (Å²) in [7, 11) is -1.72. The van der Waals surface area contributed by atoms with Gasteiger partial charge >= 0.3 is 0 Å². The second kappa shape index (κ2) is 6.02. The summed E-state index contributed by atoms with van der Waals surface area (Å²) in [6, 6.07) is 7.38. The number of hydrogen-bond donors (Lipinski definition) is 1. The van der Waals surface area contributed by atoms with E-state index in [0.29, 0.717) is 18.5 Å². The molecule has 0 saturated carbocycles. The van der Waals surface area contributed by atoms with Crippen LogP contribution < -0.4 is 4.31 Å². The summed E-state index contributed by atoms with van der Waals surface area (Å²) in [6.07, 6.45) is 0.996. The second-order valence-corrected chi connectivity index (χ2v) is 6.17. The molecule has 0 bridgehead atoms. The van der Waals surface area contributed by atoms with E-state index in [0.717, 1.165) is 5.56 Å². The van der Waals surface area contributed by atoms with Gasteiger partial charge in [0, 0.05) is 13.7 Å². The van der Waals surface area contributed by atoms with E-state index in [4.69, 9.17) is 5.11 Å². The molecule has 0 amide bonds. The number of aliphatic hydroxyl groups excluding tert-OH is 1. The Bertz CT molecular complexity index is 457. The first-order chi connectivity index (χ1) is 7.97. The SMILES string of the molecule is Cc1cccc(N(C)S(=O)(=O)CCCCO)c1. The molecule has 0 radical (unpaired) electrons. The Balaban J connectivity index is 2.78. The molecule has 5 heteroatoms. The smallest absolute Gasteiger partial charge is 0.234 e. The van der Waals surface area contributed by atoms with Crippen LogP contribution in [0.25, 0.3) is 0 Å². The Labute approximate surface area is 103 Å². The number of rotatable bonds is 6. The van der Waals surface area contributed by atoms with E-state index in [9.17, 15) is 8.42 Å². The monoisotopic (exact) mass is 257 g/mol. The van der Waals surface area contributed by atoms with Gasteiger partial charge in [-0.25, -0.2) is 8.42 Å². The third kappa shape index (κ3) is 4.02.